The number of nitrogens with zero attached hydrogens (tertiary/aromatic N) is 1. The molecular formula is C17H19NO3. The maximum Gasteiger partial charge on any atom is 0.167 e. The molecule has 1 aliphatic rings. The highest BCUT2D eigenvalue weighted by Crippen LogP contribution is 2.36. The lowest BCUT2D eigenvalue weighted by Crippen LogP contribution is -2.31. The van der Waals surface area contributed by atoms with Crippen molar-refractivity contribution in [2.45, 2.75) is 19.5 Å². The van der Waals surface area contributed by atoms with Gasteiger partial charge >= 0.3 is 0 Å². The molecule has 1 aromatic heterocycles. The Bertz CT molecular complexity index is 619. The van der Waals surface area contributed by atoms with E-state index in [4.69, 9.17) is 13.9 Å². The third-order valence-electron chi connectivity index (χ3n) is 3.54. The van der Waals surface area contributed by atoms with Gasteiger partial charge in [0.05, 0.1) is 19.9 Å². The van der Waals surface area contributed by atoms with E-state index in [1.807, 2.05) is 24.3 Å². The van der Waals surface area contributed by atoms with E-state index >= 15 is 0 Å². The molecule has 2 heterocycles. The van der Waals surface area contributed by atoms with Crippen molar-refractivity contribution >= 4 is 0 Å². The molecule has 0 saturated heterocycles. The van der Waals surface area contributed by atoms with Gasteiger partial charge in [-0.05, 0) is 30.2 Å². The number of benzene rings is 1. The van der Waals surface area contributed by atoms with Gasteiger partial charge in [-0.1, -0.05) is 12.1 Å². The molecule has 4 nitrogen and oxygen atoms in total. The number of hydrogen-bond donors (Lipinski definition) is 0. The van der Waals surface area contributed by atoms with E-state index in [1.165, 1.54) is 5.56 Å². The highest BCUT2D eigenvalue weighted by atomic mass is 16.5. The maximum absolute atomic E-state index is 5.87. The van der Waals surface area contributed by atoms with Crippen molar-refractivity contribution in [1.82, 2.24) is 4.90 Å². The largest absolute Gasteiger partial charge is 0.493 e. The van der Waals surface area contributed by atoms with E-state index in [1.54, 1.807) is 13.4 Å². The fourth-order valence-corrected chi connectivity index (χ4v) is 2.61. The van der Waals surface area contributed by atoms with Gasteiger partial charge in [-0.25, -0.2) is 0 Å². The average molecular weight is 285 g/mol. The van der Waals surface area contributed by atoms with E-state index in [0.717, 1.165) is 42.3 Å². The van der Waals surface area contributed by atoms with Crippen molar-refractivity contribution in [2.75, 3.05) is 13.8 Å². The smallest absolute Gasteiger partial charge is 0.167 e. The summed E-state index contributed by atoms with van der Waals surface area (Å²) in [6.45, 7) is 5.88. The first kappa shape index (κ1) is 13.8. The molecule has 4 heteroatoms. The first-order chi connectivity index (χ1) is 10.3. The van der Waals surface area contributed by atoms with Gasteiger partial charge in [-0.2, -0.15) is 0 Å². The van der Waals surface area contributed by atoms with Crippen LogP contribution in [0.15, 0.2) is 47.6 Å². The minimum atomic E-state index is 0.533. The minimum Gasteiger partial charge on any atom is -0.493 e. The topological polar surface area (TPSA) is 34.8 Å². The van der Waals surface area contributed by atoms with Crippen molar-refractivity contribution in [3.63, 3.8) is 0 Å². The average Bonchev–Trinajstić information content (AvgIpc) is 2.99. The number of hydrogen-bond acceptors (Lipinski definition) is 4. The summed E-state index contributed by atoms with van der Waals surface area (Å²) < 4.78 is 16.7. The van der Waals surface area contributed by atoms with Crippen LogP contribution in [0.5, 0.6) is 11.5 Å². The SMILES string of the molecule is C=CCc1cc2c(c(OC)c1)OCN(Cc1ccco1)C2. The Kier molecular flexibility index (Phi) is 3.97. The molecule has 0 bridgehead atoms. The molecule has 110 valence electrons. The lowest BCUT2D eigenvalue weighted by molar-refractivity contribution is 0.0792. The van der Waals surface area contributed by atoms with Crippen LogP contribution in [0.1, 0.15) is 16.9 Å². The summed E-state index contributed by atoms with van der Waals surface area (Å²) in [5, 5.41) is 0. The molecule has 3 rings (SSSR count). The fraction of sp³-hybridized carbons (Fsp3) is 0.294. The predicted octanol–water partition coefficient (Wildman–Crippen LogP) is 3.37. The van der Waals surface area contributed by atoms with E-state index in [2.05, 4.69) is 17.5 Å². The lowest BCUT2D eigenvalue weighted by atomic mass is 10.0. The number of ether oxygens (including phenoxy) is 2. The van der Waals surface area contributed by atoms with Crippen LogP contribution in [0.25, 0.3) is 0 Å². The Balaban J connectivity index is 1.83. The molecule has 0 amide bonds. The van der Waals surface area contributed by atoms with Crippen LogP contribution >= 0.6 is 0 Å². The van der Waals surface area contributed by atoms with E-state index in [0.29, 0.717) is 6.73 Å². The molecule has 0 spiro atoms. The van der Waals surface area contributed by atoms with Crippen molar-refractivity contribution < 1.29 is 13.9 Å². The molecule has 0 unspecified atom stereocenters. The summed E-state index contributed by atoms with van der Waals surface area (Å²) in [5.41, 5.74) is 2.33. The van der Waals surface area contributed by atoms with Crippen molar-refractivity contribution in [3.8, 4) is 11.5 Å². The van der Waals surface area contributed by atoms with E-state index < -0.39 is 0 Å². The normalized spacial score (nSPS) is 14.3. The zero-order valence-corrected chi connectivity index (χ0v) is 12.2. The maximum atomic E-state index is 5.87. The summed E-state index contributed by atoms with van der Waals surface area (Å²) in [6.07, 6.45) is 4.41. The molecule has 2 aromatic rings. The van der Waals surface area contributed by atoms with Crippen LogP contribution in [0.3, 0.4) is 0 Å². The molecule has 0 N–H and O–H groups in total. The molecular weight excluding hydrogens is 266 g/mol. The number of fused-ring (bicyclic) bond motifs is 1. The Labute approximate surface area is 124 Å². The van der Waals surface area contributed by atoms with E-state index in [9.17, 15) is 0 Å². The van der Waals surface area contributed by atoms with Crippen molar-refractivity contribution in [1.29, 1.82) is 0 Å². The van der Waals surface area contributed by atoms with Gasteiger partial charge in [0.15, 0.2) is 11.5 Å². The standard InChI is InChI=1S/C17H19NO3/c1-3-5-13-8-14-10-18(11-15-6-4-7-20-15)12-21-17(14)16(9-13)19-2/h3-4,6-9H,1,5,10-12H2,2H3. The van der Waals surface area contributed by atoms with E-state index in [-0.39, 0.29) is 0 Å². The van der Waals surface area contributed by atoms with Crippen LogP contribution in [0.2, 0.25) is 0 Å². The summed E-state index contributed by atoms with van der Waals surface area (Å²) in [4.78, 5) is 2.19. The van der Waals surface area contributed by atoms with Gasteiger partial charge in [0, 0.05) is 12.1 Å². The zero-order valence-electron chi connectivity index (χ0n) is 12.2. The summed E-state index contributed by atoms with van der Waals surface area (Å²) in [7, 11) is 1.67. The molecule has 0 fully saturated rings. The number of furan rings is 1. The second-order valence-corrected chi connectivity index (χ2v) is 5.12. The first-order valence-corrected chi connectivity index (χ1v) is 6.98. The Hall–Kier alpha value is -2.20. The van der Waals surface area contributed by atoms with Gasteiger partial charge in [-0.3, -0.25) is 4.90 Å². The van der Waals surface area contributed by atoms with Gasteiger partial charge in [0.2, 0.25) is 0 Å². The quantitative estimate of drug-likeness (QED) is 0.789. The van der Waals surface area contributed by atoms with Crippen LogP contribution in [-0.2, 0) is 19.5 Å². The second kappa shape index (κ2) is 6.06. The van der Waals surface area contributed by atoms with Gasteiger partial charge in [0.25, 0.3) is 0 Å². The molecule has 1 aromatic carbocycles. The highest BCUT2D eigenvalue weighted by Gasteiger charge is 2.22. The lowest BCUT2D eigenvalue weighted by Gasteiger charge is -2.29. The fourth-order valence-electron chi connectivity index (χ4n) is 2.61. The van der Waals surface area contributed by atoms with Crippen LogP contribution < -0.4 is 9.47 Å². The van der Waals surface area contributed by atoms with Gasteiger partial charge < -0.3 is 13.9 Å². The van der Waals surface area contributed by atoms with Crippen LogP contribution in [0, 0.1) is 0 Å². The molecule has 1 aliphatic heterocycles. The Morgan fingerprint density at radius 2 is 2.33 bits per heavy atom. The predicted molar refractivity (Wildman–Crippen MR) is 80.3 cm³/mol. The molecule has 0 saturated carbocycles. The second-order valence-electron chi connectivity index (χ2n) is 5.12. The number of methoxy groups -OCH3 is 1. The van der Waals surface area contributed by atoms with Crippen LogP contribution in [0.4, 0.5) is 0 Å². The third-order valence-corrected chi connectivity index (χ3v) is 3.54. The summed E-state index contributed by atoms with van der Waals surface area (Å²) in [6, 6.07) is 8.06. The monoisotopic (exact) mass is 285 g/mol. The van der Waals surface area contributed by atoms with Crippen molar-refractivity contribution in [2.24, 2.45) is 0 Å². The molecule has 21 heavy (non-hydrogen) atoms. The number of rotatable bonds is 5. The zero-order chi connectivity index (χ0) is 14.7. The Morgan fingerprint density at radius 1 is 1.43 bits per heavy atom. The minimum absolute atomic E-state index is 0.533. The summed E-state index contributed by atoms with van der Waals surface area (Å²) in [5.74, 6) is 2.58. The molecule has 0 radical (unpaired) electrons. The van der Waals surface area contributed by atoms with Gasteiger partial charge in [-0.15, -0.1) is 6.58 Å². The van der Waals surface area contributed by atoms with Gasteiger partial charge in [0.1, 0.15) is 12.5 Å². The Morgan fingerprint density at radius 3 is 3.05 bits per heavy atom. The van der Waals surface area contributed by atoms with Crippen molar-refractivity contribution in [3.05, 3.63) is 60.1 Å². The first-order valence-electron chi connectivity index (χ1n) is 6.98. The number of allylic oxidation sites excluding steroid dienone is 1. The third kappa shape index (κ3) is 2.95. The molecule has 0 atom stereocenters. The molecule has 0 aliphatic carbocycles. The summed E-state index contributed by atoms with van der Waals surface area (Å²) >= 11 is 0. The highest BCUT2D eigenvalue weighted by molar-refractivity contribution is 5.50. The van der Waals surface area contributed by atoms with Crippen LogP contribution in [-0.4, -0.2) is 18.7 Å².